The molecule has 2 aliphatic rings. The van der Waals surface area contributed by atoms with Crippen LogP contribution in [0.25, 0.3) is 0 Å². The van der Waals surface area contributed by atoms with E-state index in [9.17, 15) is 5.11 Å². The van der Waals surface area contributed by atoms with Crippen LogP contribution >= 0.6 is 0 Å². The largest absolute Gasteiger partial charge is 0.393 e. The molecule has 0 radical (unpaired) electrons. The molecule has 4 atom stereocenters. The second-order valence-corrected chi connectivity index (χ2v) is 7.16. The van der Waals surface area contributed by atoms with E-state index in [-0.39, 0.29) is 22.7 Å². The fourth-order valence-corrected chi connectivity index (χ4v) is 4.48. The molecule has 0 amide bonds. The van der Waals surface area contributed by atoms with Gasteiger partial charge in [0, 0.05) is 0 Å². The van der Waals surface area contributed by atoms with Gasteiger partial charge in [-0.3, -0.25) is 0 Å². The topological polar surface area (TPSA) is 29.5 Å². The average molecular weight is 240 g/mol. The molecular weight excluding hydrogens is 212 g/mol. The molecule has 1 saturated heterocycles. The molecule has 1 N–H and O–H groups in total. The average Bonchev–Trinajstić information content (AvgIpc) is 2.20. The van der Waals surface area contributed by atoms with Crippen molar-refractivity contribution < 1.29 is 9.84 Å². The van der Waals surface area contributed by atoms with Crippen LogP contribution in [0.1, 0.15) is 66.7 Å². The van der Waals surface area contributed by atoms with Crippen LogP contribution in [-0.4, -0.2) is 22.4 Å². The van der Waals surface area contributed by atoms with Gasteiger partial charge >= 0.3 is 0 Å². The number of hydrogen-bond donors (Lipinski definition) is 1. The molecule has 1 aliphatic carbocycles. The van der Waals surface area contributed by atoms with Crippen molar-refractivity contribution in [3.8, 4) is 0 Å². The summed E-state index contributed by atoms with van der Waals surface area (Å²) >= 11 is 0. The number of aliphatic hydroxyl groups excluding tert-OH is 1. The first-order valence-electron chi connectivity index (χ1n) is 7.13. The minimum absolute atomic E-state index is 0.00786. The molecule has 2 fully saturated rings. The predicted octanol–water partition coefficient (Wildman–Crippen LogP) is 3.52. The molecule has 0 aromatic heterocycles. The quantitative estimate of drug-likeness (QED) is 0.760. The van der Waals surface area contributed by atoms with E-state index in [0.717, 1.165) is 25.7 Å². The van der Waals surface area contributed by atoms with Gasteiger partial charge in [0.2, 0.25) is 0 Å². The number of hydrogen-bond acceptors (Lipinski definition) is 2. The molecule has 0 aromatic rings. The van der Waals surface area contributed by atoms with Crippen LogP contribution in [0, 0.1) is 11.3 Å². The summed E-state index contributed by atoms with van der Waals surface area (Å²) in [5, 5.41) is 10.1. The van der Waals surface area contributed by atoms with E-state index in [4.69, 9.17) is 4.74 Å². The van der Waals surface area contributed by atoms with Crippen molar-refractivity contribution in [2.75, 3.05) is 0 Å². The van der Waals surface area contributed by atoms with Gasteiger partial charge in [-0.05, 0) is 57.3 Å². The molecule has 0 bridgehead atoms. The highest BCUT2D eigenvalue weighted by Gasteiger charge is 2.59. The van der Waals surface area contributed by atoms with Crippen molar-refractivity contribution in [3.05, 3.63) is 0 Å². The van der Waals surface area contributed by atoms with Gasteiger partial charge in [0.25, 0.3) is 0 Å². The number of aliphatic hydroxyl groups is 1. The zero-order chi connectivity index (χ0) is 12.9. The first kappa shape index (κ1) is 13.4. The monoisotopic (exact) mass is 240 g/mol. The summed E-state index contributed by atoms with van der Waals surface area (Å²) in [5.41, 5.74) is 0.106. The Morgan fingerprint density at radius 1 is 1.24 bits per heavy atom. The summed E-state index contributed by atoms with van der Waals surface area (Å²) < 4.78 is 6.57. The van der Waals surface area contributed by atoms with E-state index >= 15 is 0 Å². The second kappa shape index (κ2) is 3.96. The molecule has 17 heavy (non-hydrogen) atoms. The van der Waals surface area contributed by atoms with Crippen LogP contribution in [0.3, 0.4) is 0 Å². The van der Waals surface area contributed by atoms with Crippen LogP contribution in [0.2, 0.25) is 0 Å². The maximum absolute atomic E-state index is 10.1. The Kier molecular flexibility index (Phi) is 3.11. The first-order chi connectivity index (χ1) is 7.75. The van der Waals surface area contributed by atoms with Gasteiger partial charge < -0.3 is 9.84 Å². The van der Waals surface area contributed by atoms with E-state index < -0.39 is 0 Å². The third-order valence-electron chi connectivity index (χ3n) is 5.39. The highest BCUT2D eigenvalue weighted by molar-refractivity contribution is 5.09. The minimum atomic E-state index is -0.139. The lowest BCUT2D eigenvalue weighted by atomic mass is 9.54. The van der Waals surface area contributed by atoms with Gasteiger partial charge in [0.05, 0.1) is 17.3 Å². The van der Waals surface area contributed by atoms with Crippen molar-refractivity contribution in [1.29, 1.82) is 0 Å². The van der Waals surface area contributed by atoms with Crippen LogP contribution in [0.15, 0.2) is 0 Å². The zero-order valence-electron chi connectivity index (χ0n) is 12.0. The lowest BCUT2D eigenvalue weighted by molar-refractivity contribution is -0.282. The molecule has 1 aliphatic heterocycles. The minimum Gasteiger partial charge on any atom is -0.393 e. The van der Waals surface area contributed by atoms with Gasteiger partial charge in [-0.1, -0.05) is 20.8 Å². The third kappa shape index (κ3) is 1.94. The fraction of sp³-hybridized carbons (Fsp3) is 1.00. The highest BCUT2D eigenvalue weighted by Crippen LogP contribution is 2.58. The number of ether oxygens (including phenoxy) is 1. The van der Waals surface area contributed by atoms with Crippen LogP contribution in [0.5, 0.6) is 0 Å². The van der Waals surface area contributed by atoms with Crippen molar-refractivity contribution in [3.63, 3.8) is 0 Å². The summed E-state index contributed by atoms with van der Waals surface area (Å²) in [7, 11) is 0. The summed E-state index contributed by atoms with van der Waals surface area (Å²) in [5.74, 6) is 0.445. The van der Waals surface area contributed by atoms with Crippen LogP contribution < -0.4 is 0 Å². The van der Waals surface area contributed by atoms with E-state index in [0.29, 0.717) is 5.92 Å². The maximum Gasteiger partial charge on any atom is 0.0767 e. The van der Waals surface area contributed by atoms with Crippen LogP contribution in [-0.2, 0) is 4.74 Å². The first-order valence-corrected chi connectivity index (χ1v) is 7.13. The Balaban J connectivity index is 2.38. The Morgan fingerprint density at radius 3 is 2.47 bits per heavy atom. The van der Waals surface area contributed by atoms with Gasteiger partial charge in [0.1, 0.15) is 0 Å². The lowest BCUT2D eigenvalue weighted by Gasteiger charge is -2.62. The predicted molar refractivity (Wildman–Crippen MR) is 69.9 cm³/mol. The number of fused-ring (bicyclic) bond motifs is 1. The molecular formula is C15H28O2. The Labute approximate surface area is 106 Å². The molecule has 2 unspecified atom stereocenters. The second-order valence-electron chi connectivity index (χ2n) is 7.16. The fourth-order valence-electron chi connectivity index (χ4n) is 4.48. The molecule has 100 valence electrons. The van der Waals surface area contributed by atoms with Gasteiger partial charge in [-0.2, -0.15) is 0 Å². The Morgan fingerprint density at radius 2 is 1.88 bits per heavy atom. The van der Waals surface area contributed by atoms with Crippen molar-refractivity contribution in [2.45, 2.75) is 84.0 Å². The van der Waals surface area contributed by atoms with Crippen molar-refractivity contribution in [1.82, 2.24) is 0 Å². The smallest absolute Gasteiger partial charge is 0.0767 e. The third-order valence-corrected chi connectivity index (χ3v) is 5.39. The Hall–Kier alpha value is -0.0800. The highest BCUT2D eigenvalue weighted by atomic mass is 16.5. The summed E-state index contributed by atoms with van der Waals surface area (Å²) in [4.78, 5) is 0. The molecule has 1 heterocycles. The standard InChI is InChI=1S/C15H28O2/c1-6-15-11(2)9-12(16)10-14(15,5)8-7-13(3,4)17-15/h11-12,16H,6-10H2,1-5H3/t11?,12-,14+,15?/m0/s1. The number of rotatable bonds is 1. The SMILES string of the molecule is CCC12OC(C)(C)CC[C@]1(C)C[C@@H](O)CC2C. The Bertz CT molecular complexity index is 299. The van der Waals surface area contributed by atoms with E-state index in [1.165, 1.54) is 6.42 Å². The normalized spacial score (nSPS) is 49.8. The van der Waals surface area contributed by atoms with E-state index in [2.05, 4.69) is 34.6 Å². The van der Waals surface area contributed by atoms with E-state index in [1.54, 1.807) is 0 Å². The summed E-state index contributed by atoms with van der Waals surface area (Å²) in [6.07, 6.45) is 4.99. The molecule has 1 saturated carbocycles. The molecule has 2 rings (SSSR count). The van der Waals surface area contributed by atoms with Gasteiger partial charge in [0.15, 0.2) is 0 Å². The molecule has 2 nitrogen and oxygen atoms in total. The maximum atomic E-state index is 10.1. The summed E-state index contributed by atoms with van der Waals surface area (Å²) in [6.45, 7) is 11.2. The molecule has 0 spiro atoms. The summed E-state index contributed by atoms with van der Waals surface area (Å²) in [6, 6.07) is 0. The lowest BCUT2D eigenvalue weighted by Crippen LogP contribution is -2.63. The zero-order valence-corrected chi connectivity index (χ0v) is 12.0. The molecule has 0 aromatic carbocycles. The van der Waals surface area contributed by atoms with Gasteiger partial charge in [-0.25, -0.2) is 0 Å². The van der Waals surface area contributed by atoms with Crippen molar-refractivity contribution in [2.24, 2.45) is 11.3 Å². The van der Waals surface area contributed by atoms with Crippen molar-refractivity contribution >= 4 is 0 Å². The molecule has 2 heteroatoms. The van der Waals surface area contributed by atoms with Gasteiger partial charge in [-0.15, -0.1) is 0 Å². The van der Waals surface area contributed by atoms with E-state index in [1.807, 2.05) is 0 Å². The van der Waals surface area contributed by atoms with Crippen LogP contribution in [0.4, 0.5) is 0 Å².